The highest BCUT2D eigenvalue weighted by Gasteiger charge is 2.38. The second-order valence-electron chi connectivity index (χ2n) is 17.5. The summed E-state index contributed by atoms with van der Waals surface area (Å²) in [6.45, 7) is 0. The molecule has 2 amide bonds. The number of H-pyrrole nitrogens is 2. The molecule has 2 aromatic heterocycles. The first-order valence-corrected chi connectivity index (χ1v) is 22.1. The summed E-state index contributed by atoms with van der Waals surface area (Å²) in [6, 6.07) is 46.8. The van der Waals surface area contributed by atoms with E-state index >= 15 is 0 Å². The van der Waals surface area contributed by atoms with E-state index in [1.807, 2.05) is 24.3 Å². The van der Waals surface area contributed by atoms with Gasteiger partial charge in [0.1, 0.15) is 0 Å². The van der Waals surface area contributed by atoms with Gasteiger partial charge in [0.05, 0.1) is 50.2 Å². The normalized spacial score (nSPS) is 13.2. The lowest BCUT2D eigenvalue weighted by atomic mass is 9.82. The summed E-state index contributed by atoms with van der Waals surface area (Å²) in [4.78, 5) is 92.6. The molecule has 0 spiro atoms. The molecule has 318 valence electrons. The number of hydrogen-bond acceptors (Lipinski definition) is 6. The van der Waals surface area contributed by atoms with Crippen molar-refractivity contribution in [3.05, 3.63) is 213 Å². The quantitative estimate of drug-likeness (QED) is 0.138. The molecule has 0 fully saturated rings. The average Bonchev–Trinajstić information content (AvgIpc) is 4.03. The van der Waals surface area contributed by atoms with Gasteiger partial charge in [-0.3, -0.25) is 28.8 Å². The van der Waals surface area contributed by atoms with Crippen LogP contribution in [-0.4, -0.2) is 44.9 Å². The predicted molar refractivity (Wildman–Crippen MR) is 263 cm³/mol. The van der Waals surface area contributed by atoms with Crippen LogP contribution in [0.4, 0.5) is 11.4 Å². The van der Waals surface area contributed by atoms with Crippen molar-refractivity contribution < 1.29 is 28.8 Å². The molecule has 3 aliphatic rings. The molecule has 0 radical (unpaired) electrons. The van der Waals surface area contributed by atoms with E-state index in [2.05, 4.69) is 44.9 Å². The number of anilines is 2. The molecule has 0 saturated heterocycles. The summed E-state index contributed by atoms with van der Waals surface area (Å²) >= 11 is 0. The fourth-order valence-corrected chi connectivity index (χ4v) is 10.9. The van der Waals surface area contributed by atoms with Gasteiger partial charge in [-0.1, -0.05) is 103 Å². The number of amides is 2. The molecule has 10 nitrogen and oxygen atoms in total. The number of ketones is 4. The maximum Gasteiger partial charge on any atom is 0.255 e. The minimum atomic E-state index is -0.421. The lowest BCUT2D eigenvalue weighted by Crippen LogP contribution is -2.24. The summed E-state index contributed by atoms with van der Waals surface area (Å²) in [5, 5.41) is 10.7. The lowest BCUT2D eigenvalue weighted by Gasteiger charge is -2.21. The number of carbonyl (C=O) groups excluding carboxylic acids is 6. The van der Waals surface area contributed by atoms with Crippen LogP contribution < -0.4 is 10.6 Å². The number of rotatable bonds is 4. The van der Waals surface area contributed by atoms with Crippen molar-refractivity contribution in [1.82, 2.24) is 9.97 Å². The van der Waals surface area contributed by atoms with Crippen molar-refractivity contribution in [2.24, 2.45) is 0 Å². The minimum absolute atomic E-state index is 0.131. The summed E-state index contributed by atoms with van der Waals surface area (Å²) in [6.07, 6.45) is 0. The monoisotopic (exact) mass is 878 g/mol. The Labute approximate surface area is 384 Å². The van der Waals surface area contributed by atoms with Gasteiger partial charge in [-0.2, -0.15) is 0 Å². The van der Waals surface area contributed by atoms with E-state index in [1.54, 1.807) is 109 Å². The highest BCUT2D eigenvalue weighted by molar-refractivity contribution is 6.38. The molecule has 0 saturated carbocycles. The van der Waals surface area contributed by atoms with Crippen LogP contribution in [0.2, 0.25) is 0 Å². The van der Waals surface area contributed by atoms with Crippen LogP contribution >= 0.6 is 0 Å². The number of aromatic amines is 2. The Kier molecular flexibility index (Phi) is 7.51. The van der Waals surface area contributed by atoms with Gasteiger partial charge in [0.25, 0.3) is 11.8 Å². The summed E-state index contributed by atoms with van der Waals surface area (Å²) < 4.78 is 0. The number of carbonyl (C=O) groups is 6. The largest absolute Gasteiger partial charge is 0.354 e. The summed E-state index contributed by atoms with van der Waals surface area (Å²) in [5.74, 6) is -2.20. The molecule has 2 heterocycles. The Morgan fingerprint density at radius 3 is 1.31 bits per heavy atom. The number of nitrogens with one attached hydrogen (secondary N) is 4. The Hall–Kier alpha value is -9.54. The zero-order valence-electron chi connectivity index (χ0n) is 35.5. The van der Waals surface area contributed by atoms with Crippen LogP contribution in [0.3, 0.4) is 0 Å². The Morgan fingerprint density at radius 2 is 0.765 bits per heavy atom. The topological polar surface area (TPSA) is 158 Å². The van der Waals surface area contributed by atoms with Gasteiger partial charge in [0, 0.05) is 65.8 Å². The first-order valence-electron chi connectivity index (χ1n) is 22.1. The van der Waals surface area contributed by atoms with Crippen molar-refractivity contribution in [2.75, 3.05) is 10.6 Å². The molecule has 0 aliphatic heterocycles. The van der Waals surface area contributed by atoms with Crippen molar-refractivity contribution in [3.63, 3.8) is 0 Å². The number of fused-ring (bicyclic) bond motifs is 16. The first-order chi connectivity index (χ1) is 33.2. The molecule has 3 aliphatic carbocycles. The van der Waals surface area contributed by atoms with Crippen molar-refractivity contribution in [2.45, 2.75) is 0 Å². The Morgan fingerprint density at radius 1 is 0.338 bits per heavy atom. The molecule has 0 unspecified atom stereocenters. The van der Waals surface area contributed by atoms with Crippen molar-refractivity contribution in [3.8, 4) is 22.3 Å². The van der Waals surface area contributed by atoms with Crippen molar-refractivity contribution >= 4 is 101 Å². The molecule has 4 N–H and O–H groups in total. The third-order valence-corrected chi connectivity index (χ3v) is 14.0. The SMILES string of the molecule is O=C(Nc1cc2c([nH]c3cc4c(cc32)-c2cc3c5cc(NC(=O)c6ccccc6)c6c(c5[nH]c3c3cccc-4c23)C(=O)c2ccccc2C6=O)c2c1C(=O)c1ccccc1C2=O)c1ccccc1. The smallest absolute Gasteiger partial charge is 0.255 e. The van der Waals surface area contributed by atoms with E-state index in [-0.39, 0.29) is 67.9 Å². The molecular formula is C58H30N4O6. The number of benzene rings is 9. The van der Waals surface area contributed by atoms with Gasteiger partial charge in [-0.15, -0.1) is 0 Å². The van der Waals surface area contributed by atoms with Gasteiger partial charge < -0.3 is 20.6 Å². The second-order valence-corrected chi connectivity index (χ2v) is 17.5. The molecule has 68 heavy (non-hydrogen) atoms. The minimum Gasteiger partial charge on any atom is -0.354 e. The Balaban J connectivity index is 1.01. The maximum absolute atomic E-state index is 14.6. The molecular weight excluding hydrogens is 849 g/mol. The zero-order chi connectivity index (χ0) is 45.7. The van der Waals surface area contributed by atoms with Gasteiger partial charge in [-0.05, 0) is 82.2 Å². The maximum atomic E-state index is 14.6. The van der Waals surface area contributed by atoms with E-state index in [4.69, 9.17) is 0 Å². The molecule has 0 atom stereocenters. The van der Waals surface area contributed by atoms with Crippen molar-refractivity contribution in [1.29, 1.82) is 0 Å². The van der Waals surface area contributed by atoms with Crippen LogP contribution in [-0.2, 0) is 0 Å². The van der Waals surface area contributed by atoms with Crippen LogP contribution in [0.25, 0.3) is 76.6 Å². The average molecular weight is 879 g/mol. The second kappa shape index (κ2) is 13.5. The van der Waals surface area contributed by atoms with Gasteiger partial charge in [-0.25, -0.2) is 0 Å². The number of hydrogen-bond donors (Lipinski definition) is 4. The lowest BCUT2D eigenvalue weighted by molar-refractivity contribution is 0.0979. The standard InChI is InChI=1S/C58H30N4O6/c63-53-30-16-7-9-18-32(30)55(65)48-46(53)43(60-57(67)27-12-3-1-4-13-27)25-40-37-22-35-36(24-42(37)59-51(40)48)29-20-11-21-34-45(29)38(35)23-39-41-26-44(61-58(68)28-14-5-2-6-15-28)47-49(52(41)62-50(34)39)56(66)33-19-10-8-17-31(33)54(47)64/h1-26,59,62H,(H,60,67)(H,61,68). The van der Waals surface area contributed by atoms with E-state index in [0.29, 0.717) is 44.1 Å². The molecule has 11 aromatic rings. The van der Waals surface area contributed by atoms with Gasteiger partial charge in [0.2, 0.25) is 0 Å². The van der Waals surface area contributed by atoms with Gasteiger partial charge in [0.15, 0.2) is 23.1 Å². The summed E-state index contributed by atoms with van der Waals surface area (Å²) in [5.41, 5.74) is 9.30. The summed E-state index contributed by atoms with van der Waals surface area (Å²) in [7, 11) is 0. The van der Waals surface area contributed by atoms with E-state index in [9.17, 15) is 28.8 Å². The third kappa shape index (κ3) is 4.99. The van der Waals surface area contributed by atoms with E-state index in [1.165, 1.54) is 0 Å². The van der Waals surface area contributed by atoms with Gasteiger partial charge >= 0.3 is 0 Å². The van der Waals surface area contributed by atoms with E-state index < -0.39 is 11.8 Å². The highest BCUT2D eigenvalue weighted by atomic mass is 16.2. The van der Waals surface area contributed by atoms with Crippen LogP contribution in [0.5, 0.6) is 0 Å². The van der Waals surface area contributed by atoms with E-state index in [0.717, 1.165) is 54.8 Å². The molecule has 10 heteroatoms. The van der Waals surface area contributed by atoms with Crippen LogP contribution in [0.15, 0.2) is 158 Å². The first kappa shape index (κ1) is 37.8. The fourth-order valence-electron chi connectivity index (χ4n) is 10.9. The fraction of sp³-hybridized carbons (Fsp3) is 0. The molecule has 14 rings (SSSR count). The van der Waals surface area contributed by atoms with Crippen LogP contribution in [0.1, 0.15) is 84.4 Å². The third-order valence-electron chi connectivity index (χ3n) is 14.0. The van der Waals surface area contributed by atoms with Crippen LogP contribution in [0, 0.1) is 0 Å². The number of aromatic nitrogens is 2. The highest BCUT2D eigenvalue weighted by Crippen LogP contribution is 2.53. The molecule has 0 bridgehead atoms. The Bertz CT molecular complexity index is 4260. The zero-order valence-corrected chi connectivity index (χ0v) is 35.5. The predicted octanol–water partition coefficient (Wildman–Crippen LogP) is 11.8. The molecule has 9 aromatic carbocycles.